The van der Waals surface area contributed by atoms with Crippen LogP contribution in [0, 0.1) is 5.92 Å². The van der Waals surface area contributed by atoms with Gasteiger partial charge in [-0.25, -0.2) is 0 Å². The first-order valence-electron chi connectivity index (χ1n) is 25.6. The highest BCUT2D eigenvalue weighted by Gasteiger charge is 2.42. The number of carbonyl (C=O) groups is 9. The van der Waals surface area contributed by atoms with Gasteiger partial charge in [0.15, 0.2) is 5.96 Å². The fourth-order valence-electron chi connectivity index (χ4n) is 9.38. The quantitative estimate of drug-likeness (QED) is 0.0442. The Morgan fingerprint density at radius 1 is 0.787 bits per heavy atom. The zero-order valence-corrected chi connectivity index (χ0v) is 44.6. The SMILES string of the molecule is CCOc1ccc(C[C@H]2NC(=O)CC3(CCCCC3)SSC[C@H](C(=O)N3CCC[C@H]3C(=O)N[C@@H](CCCN=C(N)N)C(N)=O)NC(=O)[C@@H](CC(N)=O)NC(=O)[C@H](C(C)C)NC(=O)[C@@H](Cc3ccccc3)NC2=O)cc1. The lowest BCUT2D eigenvalue weighted by Gasteiger charge is -2.37. The average molecular weight is 1080 g/mol. The summed E-state index contributed by atoms with van der Waals surface area (Å²) in [4.78, 5) is 131. The second kappa shape index (κ2) is 28.9. The number of amides is 9. The van der Waals surface area contributed by atoms with Gasteiger partial charge in [-0.05, 0) is 74.6 Å². The maximum atomic E-state index is 14.8. The number of nitrogens with zero attached hydrogens (tertiary/aromatic N) is 2. The molecule has 14 N–H and O–H groups in total. The minimum Gasteiger partial charge on any atom is -0.494 e. The van der Waals surface area contributed by atoms with Crippen LogP contribution < -0.4 is 59.6 Å². The molecule has 3 fully saturated rings. The van der Waals surface area contributed by atoms with Crippen LogP contribution in [0.4, 0.5) is 0 Å². The summed E-state index contributed by atoms with van der Waals surface area (Å²) in [5, 5.41) is 16.6. The fourth-order valence-corrected chi connectivity index (χ4v) is 12.7. The van der Waals surface area contributed by atoms with Gasteiger partial charge in [-0.3, -0.25) is 48.1 Å². The second-order valence-electron chi connectivity index (χ2n) is 19.6. The molecule has 3 aliphatic rings. The first kappa shape index (κ1) is 59.3. The van der Waals surface area contributed by atoms with Crippen molar-refractivity contribution in [1.29, 1.82) is 0 Å². The third-order valence-corrected chi connectivity index (χ3v) is 16.6. The Kier molecular flexibility index (Phi) is 22.9. The molecule has 0 radical (unpaired) electrons. The van der Waals surface area contributed by atoms with Gasteiger partial charge in [0.1, 0.15) is 48.0 Å². The number of nitrogens with two attached hydrogens (primary N) is 4. The molecule has 7 atom stereocenters. The van der Waals surface area contributed by atoms with E-state index in [9.17, 15) is 43.2 Å². The van der Waals surface area contributed by atoms with Crippen molar-refractivity contribution in [3.8, 4) is 5.75 Å². The lowest BCUT2D eigenvalue weighted by atomic mass is 9.85. The summed E-state index contributed by atoms with van der Waals surface area (Å²) >= 11 is 0. The predicted molar refractivity (Wildman–Crippen MR) is 286 cm³/mol. The number of rotatable bonds is 17. The number of carbonyl (C=O) groups excluding carboxylic acids is 9. The lowest BCUT2D eigenvalue weighted by molar-refractivity contribution is -0.142. The normalized spacial score (nSPS) is 23.6. The Morgan fingerprint density at radius 3 is 2.04 bits per heavy atom. The molecular formula is C51H74N12O10S2. The molecule has 2 heterocycles. The van der Waals surface area contributed by atoms with Crippen LogP contribution in [0.1, 0.15) is 103 Å². The summed E-state index contributed by atoms with van der Waals surface area (Å²) in [6.45, 7) is 5.92. The van der Waals surface area contributed by atoms with E-state index in [0.29, 0.717) is 49.2 Å². The maximum absolute atomic E-state index is 14.8. The molecule has 5 rings (SSSR count). The molecule has 2 aliphatic heterocycles. The van der Waals surface area contributed by atoms with Crippen LogP contribution in [0.2, 0.25) is 0 Å². The highest BCUT2D eigenvalue weighted by molar-refractivity contribution is 8.77. The van der Waals surface area contributed by atoms with Crippen LogP contribution in [0.5, 0.6) is 5.75 Å². The van der Waals surface area contributed by atoms with Crippen molar-refractivity contribution in [3.05, 3.63) is 65.7 Å². The molecule has 0 bridgehead atoms. The van der Waals surface area contributed by atoms with E-state index in [1.165, 1.54) is 26.5 Å². The van der Waals surface area contributed by atoms with E-state index in [1.54, 1.807) is 68.4 Å². The highest BCUT2D eigenvalue weighted by atomic mass is 33.1. The maximum Gasteiger partial charge on any atom is 0.246 e. The number of likely N-dealkylation sites (tertiary alicyclic amines) is 1. The summed E-state index contributed by atoms with van der Waals surface area (Å²) in [6.07, 6.45) is 4.16. The van der Waals surface area contributed by atoms with Crippen molar-refractivity contribution in [3.63, 3.8) is 0 Å². The largest absolute Gasteiger partial charge is 0.494 e. The highest BCUT2D eigenvalue weighted by Crippen LogP contribution is 2.48. The standard InChI is InChI=1S/C51H74N12O10S2/c1-4-73-33-19-17-32(18-20-33)26-35-44(67)59-36(25-31-13-7-5-8-14-31)46(69)62-42(30(2)3)48(71)60-37(27-40(52)64)45(68)61-38(29-74-75-51(28-41(65)57-35)21-9-6-10-22-51)49(72)63-24-12-16-39(63)47(70)58-34(43(53)66)15-11-23-56-50(54)55/h5,7-8,13-14,17-20,30,34-39,42H,4,6,9-12,15-16,21-29H2,1-3H3,(H2,52,64)(H2,53,66)(H,57,65)(H,58,70)(H,59,67)(H,60,71)(H,61,68)(H,62,69)(H4,54,55,56)/t34-,35+,36+,37+,38+,39-,42-/m0/s1. The van der Waals surface area contributed by atoms with Gasteiger partial charge in [0.05, 0.1) is 13.0 Å². The number of ether oxygens (including phenoxy) is 1. The Labute approximate surface area is 445 Å². The van der Waals surface area contributed by atoms with Crippen molar-refractivity contribution in [2.24, 2.45) is 33.8 Å². The molecule has 75 heavy (non-hydrogen) atoms. The molecule has 1 saturated carbocycles. The Balaban J connectivity index is 1.52. The van der Waals surface area contributed by atoms with E-state index in [2.05, 4.69) is 36.9 Å². The number of nitrogens with one attached hydrogen (secondary N) is 6. The van der Waals surface area contributed by atoms with Gasteiger partial charge in [-0.2, -0.15) is 0 Å². The molecule has 24 heteroatoms. The van der Waals surface area contributed by atoms with Gasteiger partial charge >= 0.3 is 0 Å². The van der Waals surface area contributed by atoms with Crippen LogP contribution in [-0.2, 0) is 56.0 Å². The van der Waals surface area contributed by atoms with Gasteiger partial charge in [0.25, 0.3) is 0 Å². The minimum atomic E-state index is -1.63. The number of primary amides is 2. The summed E-state index contributed by atoms with van der Waals surface area (Å²) in [6, 6.07) is 7.17. The monoisotopic (exact) mass is 1080 g/mol. The van der Waals surface area contributed by atoms with E-state index in [4.69, 9.17) is 27.7 Å². The van der Waals surface area contributed by atoms with Crippen molar-refractivity contribution in [2.45, 2.75) is 151 Å². The summed E-state index contributed by atoms with van der Waals surface area (Å²) in [7, 11) is 2.63. The molecule has 0 aromatic heterocycles. The van der Waals surface area contributed by atoms with Crippen molar-refractivity contribution in [2.75, 3.05) is 25.4 Å². The van der Waals surface area contributed by atoms with Crippen LogP contribution >= 0.6 is 21.6 Å². The van der Waals surface area contributed by atoms with Gasteiger partial charge in [-0.1, -0.05) is 97.2 Å². The number of hydrogen-bond donors (Lipinski definition) is 10. The zero-order valence-electron chi connectivity index (χ0n) is 42.9. The molecule has 2 aromatic rings. The van der Waals surface area contributed by atoms with Crippen molar-refractivity contribution >= 4 is 80.7 Å². The molecule has 22 nitrogen and oxygen atoms in total. The molecule has 2 saturated heterocycles. The van der Waals surface area contributed by atoms with Crippen LogP contribution in [-0.4, -0.2) is 137 Å². The first-order valence-corrected chi connectivity index (χ1v) is 27.9. The van der Waals surface area contributed by atoms with Crippen LogP contribution in [0.15, 0.2) is 59.6 Å². The summed E-state index contributed by atoms with van der Waals surface area (Å²) < 4.78 is 4.95. The molecule has 0 unspecified atom stereocenters. The number of aliphatic imine (C=N–C) groups is 1. The average Bonchev–Trinajstić information content (AvgIpc) is 3.86. The Bertz CT molecular complexity index is 2350. The van der Waals surface area contributed by atoms with E-state index in [-0.39, 0.29) is 56.9 Å². The van der Waals surface area contributed by atoms with Crippen molar-refractivity contribution < 1.29 is 47.9 Å². The van der Waals surface area contributed by atoms with Crippen LogP contribution in [0.3, 0.4) is 0 Å². The number of benzene rings is 2. The number of hydrogen-bond acceptors (Lipinski definition) is 13. The van der Waals surface area contributed by atoms with Gasteiger partial charge in [0.2, 0.25) is 53.2 Å². The topological polar surface area (TPSA) is 355 Å². The molecule has 9 amide bonds. The Hall–Kier alpha value is -6.56. The second-order valence-corrected chi connectivity index (χ2v) is 22.4. The third kappa shape index (κ3) is 18.4. The third-order valence-electron chi connectivity index (χ3n) is 13.3. The summed E-state index contributed by atoms with van der Waals surface area (Å²) in [5.74, 6) is -6.86. The van der Waals surface area contributed by atoms with Gasteiger partial charge in [0, 0.05) is 42.9 Å². The Morgan fingerprint density at radius 2 is 1.41 bits per heavy atom. The smallest absolute Gasteiger partial charge is 0.246 e. The van der Waals surface area contributed by atoms with Gasteiger partial charge < -0.3 is 64.5 Å². The van der Waals surface area contributed by atoms with E-state index in [0.717, 1.165) is 19.3 Å². The minimum absolute atomic E-state index is 0.000376. The first-order chi connectivity index (χ1) is 35.8. The van der Waals surface area contributed by atoms with E-state index >= 15 is 0 Å². The van der Waals surface area contributed by atoms with E-state index < -0.39 is 113 Å². The van der Waals surface area contributed by atoms with E-state index in [1.807, 2.05) is 6.92 Å². The molecular weight excluding hydrogens is 1000 g/mol. The predicted octanol–water partition coefficient (Wildman–Crippen LogP) is 0.329. The molecule has 1 aliphatic carbocycles. The zero-order chi connectivity index (χ0) is 54.7. The molecule has 1 spiro atoms. The number of guanidine groups is 1. The van der Waals surface area contributed by atoms with Crippen molar-refractivity contribution in [1.82, 2.24) is 36.8 Å². The van der Waals surface area contributed by atoms with Gasteiger partial charge in [-0.15, -0.1) is 0 Å². The van der Waals surface area contributed by atoms with Crippen LogP contribution in [0.25, 0.3) is 0 Å². The summed E-state index contributed by atoms with van der Waals surface area (Å²) in [5.41, 5.74) is 23.5. The molecule has 410 valence electrons. The fraction of sp³-hybridized carbons (Fsp3) is 0.569. The molecule has 2 aromatic carbocycles. The lowest BCUT2D eigenvalue weighted by Crippen LogP contribution is -2.61.